The maximum absolute atomic E-state index is 10.6. The van der Waals surface area contributed by atoms with Crippen LogP contribution in [0.1, 0.15) is 23.2 Å². The van der Waals surface area contributed by atoms with Gasteiger partial charge in [-0.15, -0.1) is 0 Å². The molecular weight excluding hydrogens is 240 g/mol. The fourth-order valence-corrected chi connectivity index (χ4v) is 1.99. The quantitative estimate of drug-likeness (QED) is 0.840. The van der Waals surface area contributed by atoms with E-state index in [9.17, 15) is 4.79 Å². The van der Waals surface area contributed by atoms with Gasteiger partial charge in [0.1, 0.15) is 11.4 Å². The number of carbonyl (C=O) groups is 1. The van der Waals surface area contributed by atoms with Crippen LogP contribution in [0.2, 0.25) is 0 Å². The summed E-state index contributed by atoms with van der Waals surface area (Å²) in [5, 5.41) is 9.96. The summed E-state index contributed by atoms with van der Waals surface area (Å²) in [5.41, 5.74) is 0.938. The fourth-order valence-electron chi connectivity index (χ4n) is 1.22. The lowest BCUT2D eigenvalue weighted by Gasteiger charge is -1.99. The second-order valence-electron chi connectivity index (χ2n) is 3.23. The Balaban J connectivity index is 2.16. The number of aromatic nitrogens is 2. The van der Waals surface area contributed by atoms with Gasteiger partial charge in [0.05, 0.1) is 0 Å². The lowest BCUT2D eigenvalue weighted by atomic mass is 10.3. The Morgan fingerprint density at radius 1 is 1.47 bits per heavy atom. The summed E-state index contributed by atoms with van der Waals surface area (Å²) in [6, 6.07) is 4.89. The largest absolute Gasteiger partial charge is 0.475 e. The van der Waals surface area contributed by atoms with Crippen LogP contribution in [0.25, 0.3) is 0 Å². The van der Waals surface area contributed by atoms with Crippen molar-refractivity contribution in [3.63, 3.8) is 0 Å². The van der Waals surface area contributed by atoms with Crippen molar-refractivity contribution in [2.45, 2.75) is 23.5 Å². The van der Waals surface area contributed by atoms with E-state index in [0.29, 0.717) is 5.09 Å². The van der Waals surface area contributed by atoms with Crippen LogP contribution >= 0.6 is 11.8 Å². The Labute approximate surface area is 102 Å². The molecule has 2 heterocycles. The molecule has 0 fully saturated rings. The van der Waals surface area contributed by atoms with Crippen LogP contribution in [0.15, 0.2) is 39.1 Å². The van der Waals surface area contributed by atoms with Crippen LogP contribution in [-0.2, 0) is 6.42 Å². The van der Waals surface area contributed by atoms with Crippen LogP contribution in [0.4, 0.5) is 0 Å². The van der Waals surface area contributed by atoms with Crippen LogP contribution < -0.4 is 0 Å². The number of hydrogen-bond acceptors (Lipinski definition) is 5. The number of aromatic carboxylic acids is 1. The number of furan rings is 1. The van der Waals surface area contributed by atoms with Crippen molar-refractivity contribution < 1.29 is 14.3 Å². The molecule has 1 N–H and O–H groups in total. The number of hydrogen-bond donors (Lipinski definition) is 1. The molecule has 0 saturated carbocycles. The van der Waals surface area contributed by atoms with E-state index in [-0.39, 0.29) is 5.76 Å². The molecule has 2 rings (SSSR count). The van der Waals surface area contributed by atoms with Crippen LogP contribution in [0.3, 0.4) is 0 Å². The Bertz CT molecular complexity index is 539. The van der Waals surface area contributed by atoms with E-state index in [1.54, 1.807) is 6.07 Å². The van der Waals surface area contributed by atoms with Gasteiger partial charge in [-0.05, 0) is 36.4 Å². The second kappa shape index (κ2) is 5.01. The zero-order valence-corrected chi connectivity index (χ0v) is 9.90. The summed E-state index contributed by atoms with van der Waals surface area (Å²) in [7, 11) is 0. The van der Waals surface area contributed by atoms with E-state index in [1.165, 1.54) is 24.2 Å². The van der Waals surface area contributed by atoms with E-state index in [2.05, 4.69) is 9.97 Å². The topological polar surface area (TPSA) is 76.2 Å². The first-order chi connectivity index (χ1) is 8.19. The number of carboxylic acid groups (broad SMARTS) is 1. The van der Waals surface area contributed by atoms with E-state index >= 15 is 0 Å². The third-order valence-electron chi connectivity index (χ3n) is 2.06. The highest BCUT2D eigenvalue weighted by Crippen LogP contribution is 2.27. The van der Waals surface area contributed by atoms with Gasteiger partial charge in [-0.1, -0.05) is 6.92 Å². The van der Waals surface area contributed by atoms with Gasteiger partial charge < -0.3 is 9.52 Å². The van der Waals surface area contributed by atoms with Crippen molar-refractivity contribution in [2.24, 2.45) is 0 Å². The Hall–Kier alpha value is -1.82. The molecule has 0 aliphatic heterocycles. The fraction of sp³-hybridized carbons (Fsp3) is 0.182. The van der Waals surface area contributed by atoms with E-state index in [0.717, 1.165) is 17.1 Å². The molecule has 2 aromatic heterocycles. The van der Waals surface area contributed by atoms with Crippen molar-refractivity contribution in [1.82, 2.24) is 9.97 Å². The highest BCUT2D eigenvalue weighted by Gasteiger charge is 2.10. The molecule has 2 aromatic rings. The van der Waals surface area contributed by atoms with Crippen molar-refractivity contribution in [2.75, 3.05) is 0 Å². The summed E-state index contributed by atoms with van der Waals surface area (Å²) >= 11 is 1.27. The minimum atomic E-state index is -1.08. The predicted octanol–water partition coefficient (Wildman–Crippen LogP) is 2.48. The highest BCUT2D eigenvalue weighted by atomic mass is 32.2. The van der Waals surface area contributed by atoms with Gasteiger partial charge in [0, 0.05) is 5.69 Å². The first-order valence-electron chi connectivity index (χ1n) is 5.01. The molecule has 0 aliphatic rings. The van der Waals surface area contributed by atoms with Gasteiger partial charge in [-0.3, -0.25) is 0 Å². The van der Waals surface area contributed by atoms with Gasteiger partial charge in [0.2, 0.25) is 5.76 Å². The van der Waals surface area contributed by atoms with Gasteiger partial charge in [-0.25, -0.2) is 14.8 Å². The molecule has 17 heavy (non-hydrogen) atoms. The Morgan fingerprint density at radius 2 is 2.29 bits per heavy atom. The summed E-state index contributed by atoms with van der Waals surface area (Å²) in [4.78, 5) is 18.8. The SMILES string of the molecule is CCc1cc(Sc2ccc(C(=O)O)o2)ncn1. The van der Waals surface area contributed by atoms with Crippen molar-refractivity contribution in [1.29, 1.82) is 0 Å². The third-order valence-corrected chi connectivity index (χ3v) is 2.91. The third kappa shape index (κ3) is 2.85. The molecule has 0 aliphatic carbocycles. The van der Waals surface area contributed by atoms with Gasteiger partial charge in [-0.2, -0.15) is 0 Å². The lowest BCUT2D eigenvalue weighted by molar-refractivity contribution is 0.0656. The average Bonchev–Trinajstić information content (AvgIpc) is 2.78. The molecule has 6 heteroatoms. The highest BCUT2D eigenvalue weighted by molar-refractivity contribution is 7.99. The first-order valence-corrected chi connectivity index (χ1v) is 5.82. The van der Waals surface area contributed by atoms with E-state index in [4.69, 9.17) is 9.52 Å². The molecule has 0 bridgehead atoms. The molecule has 0 aromatic carbocycles. The van der Waals surface area contributed by atoms with E-state index < -0.39 is 5.97 Å². The molecule has 0 radical (unpaired) electrons. The normalized spacial score (nSPS) is 10.4. The molecule has 0 unspecified atom stereocenters. The maximum atomic E-state index is 10.6. The minimum absolute atomic E-state index is 0.0720. The summed E-state index contributed by atoms with van der Waals surface area (Å²) in [6.07, 6.45) is 2.32. The number of aryl methyl sites for hydroxylation is 1. The second-order valence-corrected chi connectivity index (χ2v) is 4.25. The molecule has 0 atom stereocenters. The van der Waals surface area contributed by atoms with Crippen LogP contribution in [0, 0.1) is 0 Å². The van der Waals surface area contributed by atoms with Gasteiger partial charge in [0.15, 0.2) is 5.09 Å². The van der Waals surface area contributed by atoms with Crippen LogP contribution in [-0.4, -0.2) is 21.0 Å². The molecule has 5 nitrogen and oxygen atoms in total. The van der Waals surface area contributed by atoms with Crippen molar-refractivity contribution in [3.05, 3.63) is 36.0 Å². The molecule has 0 spiro atoms. The average molecular weight is 250 g/mol. The number of rotatable bonds is 4. The lowest BCUT2D eigenvalue weighted by Crippen LogP contribution is -1.91. The first kappa shape index (κ1) is 11.7. The summed E-state index contributed by atoms with van der Waals surface area (Å²) in [6.45, 7) is 2.01. The number of carboxylic acids is 1. The van der Waals surface area contributed by atoms with Crippen molar-refractivity contribution in [3.8, 4) is 0 Å². The van der Waals surface area contributed by atoms with E-state index in [1.807, 2.05) is 13.0 Å². The standard InChI is InChI=1S/C11H10N2O3S/c1-2-7-5-9(13-6-12-7)17-10-4-3-8(16-10)11(14)15/h3-6H,2H2,1H3,(H,14,15). The molecule has 0 saturated heterocycles. The van der Waals surface area contributed by atoms with Crippen molar-refractivity contribution >= 4 is 17.7 Å². The summed E-state index contributed by atoms with van der Waals surface area (Å²) < 4.78 is 5.13. The Morgan fingerprint density at radius 3 is 2.94 bits per heavy atom. The minimum Gasteiger partial charge on any atom is -0.475 e. The predicted molar refractivity (Wildman–Crippen MR) is 61.2 cm³/mol. The molecular formula is C11H10N2O3S. The maximum Gasteiger partial charge on any atom is 0.371 e. The van der Waals surface area contributed by atoms with Gasteiger partial charge >= 0.3 is 5.97 Å². The smallest absolute Gasteiger partial charge is 0.371 e. The summed E-state index contributed by atoms with van der Waals surface area (Å²) in [5.74, 6) is -1.15. The van der Waals surface area contributed by atoms with Crippen LogP contribution in [0.5, 0.6) is 0 Å². The zero-order chi connectivity index (χ0) is 12.3. The molecule has 88 valence electrons. The zero-order valence-electron chi connectivity index (χ0n) is 9.08. The monoisotopic (exact) mass is 250 g/mol. The Kier molecular flexibility index (Phi) is 3.43. The van der Waals surface area contributed by atoms with Gasteiger partial charge in [0.25, 0.3) is 0 Å². The molecule has 0 amide bonds. The number of nitrogens with zero attached hydrogens (tertiary/aromatic N) is 2.